The SMILES string of the molecule is CC(C)c1nc(Cl)cc(NC(C)C(C)C)n1. The Kier molecular flexibility index (Phi) is 4.54. The van der Waals surface area contributed by atoms with E-state index in [1.807, 2.05) is 0 Å². The minimum atomic E-state index is 0.286. The van der Waals surface area contributed by atoms with Gasteiger partial charge in [0.05, 0.1) is 0 Å². The fourth-order valence-electron chi connectivity index (χ4n) is 1.17. The van der Waals surface area contributed by atoms with Crippen LogP contribution in [0.5, 0.6) is 0 Å². The summed E-state index contributed by atoms with van der Waals surface area (Å²) in [4.78, 5) is 8.65. The molecule has 0 saturated carbocycles. The third kappa shape index (κ3) is 3.63. The zero-order chi connectivity index (χ0) is 12.3. The van der Waals surface area contributed by atoms with Crippen molar-refractivity contribution in [1.82, 2.24) is 9.97 Å². The summed E-state index contributed by atoms with van der Waals surface area (Å²) in [6.07, 6.45) is 0. The third-order valence-corrected chi connectivity index (χ3v) is 2.80. The summed E-state index contributed by atoms with van der Waals surface area (Å²) in [6.45, 7) is 10.6. The summed E-state index contributed by atoms with van der Waals surface area (Å²) in [5.74, 6) is 2.43. The normalized spacial score (nSPS) is 13.2. The molecule has 0 bridgehead atoms. The lowest BCUT2D eigenvalue weighted by atomic mass is 10.1. The second-order valence-corrected chi connectivity index (χ2v) is 5.15. The number of hydrogen-bond acceptors (Lipinski definition) is 3. The van der Waals surface area contributed by atoms with Gasteiger partial charge in [-0.3, -0.25) is 0 Å². The number of nitrogens with one attached hydrogen (secondary N) is 1. The molecule has 0 aliphatic rings. The molecule has 1 aromatic heterocycles. The molecule has 0 aliphatic carbocycles. The van der Waals surface area contributed by atoms with Crippen molar-refractivity contribution in [2.24, 2.45) is 5.92 Å². The zero-order valence-electron chi connectivity index (χ0n) is 10.6. The molecule has 4 heteroatoms. The van der Waals surface area contributed by atoms with Crippen molar-refractivity contribution in [3.63, 3.8) is 0 Å². The van der Waals surface area contributed by atoms with Crippen LogP contribution >= 0.6 is 11.6 Å². The van der Waals surface area contributed by atoms with E-state index in [2.05, 4.69) is 49.9 Å². The first-order chi connectivity index (χ1) is 7.40. The Bertz CT molecular complexity index is 350. The van der Waals surface area contributed by atoms with Crippen LogP contribution in [0.3, 0.4) is 0 Å². The van der Waals surface area contributed by atoms with Crippen molar-refractivity contribution in [3.05, 3.63) is 17.0 Å². The molecule has 0 saturated heterocycles. The lowest BCUT2D eigenvalue weighted by Gasteiger charge is -2.18. The molecule has 0 amide bonds. The van der Waals surface area contributed by atoms with Crippen molar-refractivity contribution >= 4 is 17.4 Å². The van der Waals surface area contributed by atoms with E-state index in [1.54, 1.807) is 6.07 Å². The van der Waals surface area contributed by atoms with Crippen LogP contribution in [0.25, 0.3) is 0 Å². The number of aromatic nitrogens is 2. The first-order valence-corrected chi connectivity index (χ1v) is 6.09. The highest BCUT2D eigenvalue weighted by atomic mass is 35.5. The molecule has 1 unspecified atom stereocenters. The lowest BCUT2D eigenvalue weighted by molar-refractivity contribution is 0.557. The first-order valence-electron chi connectivity index (χ1n) is 5.71. The topological polar surface area (TPSA) is 37.8 Å². The molecule has 0 spiro atoms. The number of hydrogen-bond donors (Lipinski definition) is 1. The molecule has 1 aromatic rings. The van der Waals surface area contributed by atoms with Crippen LogP contribution < -0.4 is 5.32 Å². The molecule has 3 nitrogen and oxygen atoms in total. The number of nitrogens with zero attached hydrogens (tertiary/aromatic N) is 2. The maximum absolute atomic E-state index is 5.97. The van der Waals surface area contributed by atoms with Crippen LogP contribution in [0.2, 0.25) is 5.15 Å². The largest absolute Gasteiger partial charge is 0.367 e. The predicted octanol–water partition coefficient (Wildman–Crippen LogP) is 3.71. The summed E-state index contributed by atoms with van der Waals surface area (Å²) < 4.78 is 0. The quantitative estimate of drug-likeness (QED) is 0.817. The van der Waals surface area contributed by atoms with Gasteiger partial charge in [0.2, 0.25) is 0 Å². The van der Waals surface area contributed by atoms with Gasteiger partial charge in [-0.15, -0.1) is 0 Å². The van der Waals surface area contributed by atoms with Crippen molar-refractivity contribution in [3.8, 4) is 0 Å². The lowest BCUT2D eigenvalue weighted by Crippen LogP contribution is -2.22. The predicted molar refractivity (Wildman–Crippen MR) is 69.1 cm³/mol. The maximum Gasteiger partial charge on any atom is 0.135 e. The minimum absolute atomic E-state index is 0.286. The van der Waals surface area contributed by atoms with Crippen LogP contribution in [0.1, 0.15) is 46.4 Å². The van der Waals surface area contributed by atoms with Crippen molar-refractivity contribution < 1.29 is 0 Å². The Hall–Kier alpha value is -0.830. The second-order valence-electron chi connectivity index (χ2n) is 4.77. The highest BCUT2D eigenvalue weighted by Gasteiger charge is 2.11. The van der Waals surface area contributed by atoms with Crippen LogP contribution in [0.15, 0.2) is 6.07 Å². The van der Waals surface area contributed by atoms with Gasteiger partial charge >= 0.3 is 0 Å². The third-order valence-electron chi connectivity index (χ3n) is 2.60. The molecule has 90 valence electrons. The van der Waals surface area contributed by atoms with Gasteiger partial charge < -0.3 is 5.32 Å². The fourth-order valence-corrected chi connectivity index (χ4v) is 1.36. The summed E-state index contributed by atoms with van der Waals surface area (Å²) >= 11 is 5.97. The van der Waals surface area contributed by atoms with E-state index in [4.69, 9.17) is 11.6 Å². The van der Waals surface area contributed by atoms with E-state index >= 15 is 0 Å². The molecule has 0 aliphatic heterocycles. The molecule has 0 radical (unpaired) electrons. The molecule has 1 rings (SSSR count). The van der Waals surface area contributed by atoms with E-state index in [0.717, 1.165) is 11.6 Å². The smallest absolute Gasteiger partial charge is 0.135 e. The van der Waals surface area contributed by atoms with E-state index < -0.39 is 0 Å². The highest BCUT2D eigenvalue weighted by Crippen LogP contribution is 2.18. The average molecular weight is 242 g/mol. The summed E-state index contributed by atoms with van der Waals surface area (Å²) in [5, 5.41) is 3.84. The van der Waals surface area contributed by atoms with Crippen molar-refractivity contribution in [2.45, 2.75) is 46.6 Å². The Balaban J connectivity index is 2.88. The van der Waals surface area contributed by atoms with Crippen LogP contribution in [-0.4, -0.2) is 16.0 Å². The molecule has 0 aromatic carbocycles. The Morgan fingerprint density at radius 3 is 2.25 bits per heavy atom. The monoisotopic (exact) mass is 241 g/mol. The Morgan fingerprint density at radius 2 is 1.75 bits per heavy atom. The molecule has 0 fully saturated rings. The standard InChI is InChI=1S/C12H20ClN3/c1-7(2)9(5)14-11-6-10(13)15-12(16-11)8(3)4/h6-9H,1-5H3,(H,14,15,16). The molecular formula is C12H20ClN3. The fraction of sp³-hybridized carbons (Fsp3) is 0.667. The van der Waals surface area contributed by atoms with Crippen LogP contribution in [-0.2, 0) is 0 Å². The molecular weight excluding hydrogens is 222 g/mol. The Labute approximate surface area is 103 Å². The van der Waals surface area contributed by atoms with Gasteiger partial charge in [0.1, 0.15) is 16.8 Å². The molecule has 1 atom stereocenters. The van der Waals surface area contributed by atoms with Gasteiger partial charge in [-0.25, -0.2) is 9.97 Å². The van der Waals surface area contributed by atoms with Crippen LogP contribution in [0.4, 0.5) is 5.82 Å². The van der Waals surface area contributed by atoms with E-state index in [0.29, 0.717) is 17.1 Å². The van der Waals surface area contributed by atoms with E-state index in [1.165, 1.54) is 0 Å². The number of halogens is 1. The average Bonchev–Trinajstić information content (AvgIpc) is 2.16. The number of rotatable bonds is 4. The highest BCUT2D eigenvalue weighted by molar-refractivity contribution is 6.29. The Morgan fingerprint density at radius 1 is 1.12 bits per heavy atom. The number of anilines is 1. The van der Waals surface area contributed by atoms with Crippen molar-refractivity contribution in [2.75, 3.05) is 5.32 Å². The van der Waals surface area contributed by atoms with Gasteiger partial charge in [-0.1, -0.05) is 39.3 Å². The zero-order valence-corrected chi connectivity index (χ0v) is 11.3. The van der Waals surface area contributed by atoms with E-state index in [9.17, 15) is 0 Å². The minimum Gasteiger partial charge on any atom is -0.367 e. The molecule has 1 N–H and O–H groups in total. The first kappa shape index (κ1) is 13.2. The maximum atomic E-state index is 5.97. The summed E-state index contributed by atoms with van der Waals surface area (Å²) in [7, 11) is 0. The molecule has 1 heterocycles. The van der Waals surface area contributed by atoms with Gasteiger partial charge in [-0.05, 0) is 12.8 Å². The van der Waals surface area contributed by atoms with Gasteiger partial charge in [-0.2, -0.15) is 0 Å². The van der Waals surface area contributed by atoms with Crippen molar-refractivity contribution in [1.29, 1.82) is 0 Å². The van der Waals surface area contributed by atoms with Gasteiger partial charge in [0, 0.05) is 18.0 Å². The van der Waals surface area contributed by atoms with Gasteiger partial charge in [0.25, 0.3) is 0 Å². The summed E-state index contributed by atoms with van der Waals surface area (Å²) in [6, 6.07) is 2.14. The summed E-state index contributed by atoms with van der Waals surface area (Å²) in [5.41, 5.74) is 0. The van der Waals surface area contributed by atoms with E-state index in [-0.39, 0.29) is 5.92 Å². The molecule has 16 heavy (non-hydrogen) atoms. The van der Waals surface area contributed by atoms with Crippen LogP contribution in [0, 0.1) is 5.92 Å². The second kappa shape index (κ2) is 5.48. The van der Waals surface area contributed by atoms with Gasteiger partial charge in [0.15, 0.2) is 0 Å².